The van der Waals surface area contributed by atoms with Crippen LogP contribution < -0.4 is 5.23 Å². The molecule has 0 saturated heterocycles. The van der Waals surface area contributed by atoms with Gasteiger partial charge in [0.1, 0.15) is 5.69 Å². The Labute approximate surface area is 103 Å². The number of aromatic nitrogens is 3. The molecule has 1 aromatic carbocycles. The fourth-order valence-corrected chi connectivity index (χ4v) is 2.06. The summed E-state index contributed by atoms with van der Waals surface area (Å²) in [6.45, 7) is 0. The van der Waals surface area contributed by atoms with Gasteiger partial charge in [-0.2, -0.15) is 10.3 Å². The summed E-state index contributed by atoms with van der Waals surface area (Å²) in [4.78, 5) is 3.09. The molecule has 0 spiro atoms. The third kappa shape index (κ3) is 1.55. The van der Waals surface area contributed by atoms with Crippen molar-refractivity contribution in [3.63, 3.8) is 0 Å². The van der Waals surface area contributed by atoms with Crippen LogP contribution in [-0.2, 0) is 7.05 Å². The van der Waals surface area contributed by atoms with Crippen molar-refractivity contribution in [2.45, 2.75) is 0 Å². The number of hydrogen-bond donors (Lipinski definition) is 1. The van der Waals surface area contributed by atoms with Gasteiger partial charge in [-0.3, -0.25) is 4.68 Å². The average Bonchev–Trinajstić information content (AvgIpc) is 2.97. The van der Waals surface area contributed by atoms with Crippen molar-refractivity contribution >= 4 is 16.6 Å². The van der Waals surface area contributed by atoms with E-state index in [0.29, 0.717) is 5.69 Å². The Morgan fingerprint density at radius 1 is 1.39 bits per heavy atom. The summed E-state index contributed by atoms with van der Waals surface area (Å²) >= 11 is 0. The molecule has 3 aromatic rings. The van der Waals surface area contributed by atoms with Crippen LogP contribution in [0.15, 0.2) is 36.5 Å². The van der Waals surface area contributed by atoms with Crippen LogP contribution in [-0.4, -0.2) is 20.0 Å². The van der Waals surface area contributed by atoms with Gasteiger partial charge in [0.15, 0.2) is 0 Å². The summed E-state index contributed by atoms with van der Waals surface area (Å²) in [5.41, 5.74) is 2.88. The average molecular weight is 244 g/mol. The summed E-state index contributed by atoms with van der Waals surface area (Å²) in [7, 11) is 1.85. The fourth-order valence-electron chi connectivity index (χ4n) is 2.06. The summed E-state index contributed by atoms with van der Waals surface area (Å²) in [6.07, 6.45) is 1.82. The molecular weight excluding hydrogens is 232 g/mol. The first-order chi connectivity index (χ1) is 8.66. The zero-order valence-electron chi connectivity index (χ0n) is 9.71. The Bertz CT molecular complexity index is 685. The van der Waals surface area contributed by atoms with Crippen molar-refractivity contribution in [3.8, 4) is 11.4 Å². The zero-order valence-corrected chi connectivity index (χ0v) is 9.71. The molecule has 6 nitrogen and oxygen atoms in total. The van der Waals surface area contributed by atoms with E-state index in [4.69, 9.17) is 5.21 Å². The van der Waals surface area contributed by atoms with Crippen molar-refractivity contribution in [3.05, 3.63) is 41.7 Å². The predicted octanol–water partition coefficient (Wildman–Crippen LogP) is 1.51. The Morgan fingerprint density at radius 3 is 2.89 bits per heavy atom. The van der Waals surface area contributed by atoms with E-state index in [2.05, 4.69) is 10.1 Å². The van der Waals surface area contributed by atoms with Crippen LogP contribution in [0.1, 0.15) is 0 Å². The SMILES string of the molecule is Cn1nc(-c2ccc[nH]2)c2cc(N([O-])[OH2+])ccc21. The number of aromatic amines is 1. The molecule has 0 amide bonds. The molecular formula is C12H12N4O2. The third-order valence-corrected chi connectivity index (χ3v) is 2.92. The highest BCUT2D eigenvalue weighted by Gasteiger charge is 2.12. The van der Waals surface area contributed by atoms with Gasteiger partial charge in [0, 0.05) is 18.6 Å². The number of nitrogens with one attached hydrogen (secondary N) is 1. The standard InChI is InChI=1S/C12H11N4O2/c1-15-11-5-4-8(16(17)18)7-9(11)12(14-15)10-3-2-6-13-10/h2-7,13,17H,1H3/q-1/p+1. The first-order valence-electron chi connectivity index (χ1n) is 5.46. The van der Waals surface area contributed by atoms with E-state index < -0.39 is 0 Å². The number of fused-ring (bicyclic) bond motifs is 1. The molecule has 0 saturated carbocycles. The summed E-state index contributed by atoms with van der Waals surface area (Å²) in [6, 6.07) is 8.90. The smallest absolute Gasteiger partial charge is 0.116 e. The topological polar surface area (TPSA) is 82.8 Å². The second-order valence-electron chi connectivity index (χ2n) is 4.05. The molecule has 0 fully saturated rings. The second kappa shape index (κ2) is 3.86. The summed E-state index contributed by atoms with van der Waals surface area (Å²) in [5.74, 6) is 0. The van der Waals surface area contributed by atoms with Crippen molar-refractivity contribution in [1.29, 1.82) is 0 Å². The van der Waals surface area contributed by atoms with E-state index in [1.54, 1.807) is 22.9 Å². The predicted molar refractivity (Wildman–Crippen MR) is 70.0 cm³/mol. The van der Waals surface area contributed by atoms with Crippen LogP contribution >= 0.6 is 0 Å². The van der Waals surface area contributed by atoms with Crippen molar-refractivity contribution < 1.29 is 5.21 Å². The molecule has 0 radical (unpaired) electrons. The van der Waals surface area contributed by atoms with Gasteiger partial charge in [-0.25, -0.2) is 0 Å². The van der Waals surface area contributed by atoms with Crippen LogP contribution in [0.25, 0.3) is 22.3 Å². The first-order valence-corrected chi connectivity index (χ1v) is 5.46. The minimum absolute atomic E-state index is 0.102. The molecule has 3 N–H and O–H groups in total. The van der Waals surface area contributed by atoms with Crippen LogP contribution in [0.3, 0.4) is 0 Å². The lowest BCUT2D eigenvalue weighted by Gasteiger charge is -2.15. The number of nitrogens with zero attached hydrogens (tertiary/aromatic N) is 3. The minimum atomic E-state index is 0.102. The maximum atomic E-state index is 11.0. The number of benzene rings is 1. The van der Waals surface area contributed by atoms with E-state index in [0.717, 1.165) is 22.3 Å². The normalized spacial score (nSPS) is 11.1. The van der Waals surface area contributed by atoms with Gasteiger partial charge in [0.2, 0.25) is 0 Å². The molecule has 0 bridgehead atoms. The van der Waals surface area contributed by atoms with E-state index >= 15 is 0 Å². The molecule has 0 unspecified atom stereocenters. The Balaban J connectivity index is 2.29. The highest BCUT2D eigenvalue weighted by molar-refractivity contribution is 5.94. The molecule has 2 heterocycles. The van der Waals surface area contributed by atoms with E-state index in [1.165, 1.54) is 0 Å². The summed E-state index contributed by atoms with van der Waals surface area (Å²) in [5, 5.41) is 23.5. The molecule has 2 aromatic heterocycles. The lowest BCUT2D eigenvalue weighted by atomic mass is 10.1. The van der Waals surface area contributed by atoms with Gasteiger partial charge in [-0.1, -0.05) is 0 Å². The molecule has 0 aliphatic rings. The molecule has 6 heteroatoms. The number of aryl methyl sites for hydroxylation is 1. The number of rotatable bonds is 2. The molecule has 0 aliphatic heterocycles. The largest absolute Gasteiger partial charge is 0.694 e. The first kappa shape index (κ1) is 10.8. The quantitative estimate of drug-likeness (QED) is 0.548. The molecule has 0 atom stereocenters. The van der Waals surface area contributed by atoms with Crippen molar-refractivity contribution in [2.75, 3.05) is 5.23 Å². The van der Waals surface area contributed by atoms with Crippen LogP contribution in [0, 0.1) is 5.21 Å². The van der Waals surface area contributed by atoms with Gasteiger partial charge >= 0.3 is 0 Å². The van der Waals surface area contributed by atoms with E-state index in [1.807, 2.05) is 25.4 Å². The Hall–Kier alpha value is -2.31. The molecule has 18 heavy (non-hydrogen) atoms. The number of H-pyrrole nitrogens is 1. The van der Waals surface area contributed by atoms with Gasteiger partial charge < -0.3 is 15.4 Å². The highest BCUT2D eigenvalue weighted by atomic mass is 16.8. The van der Waals surface area contributed by atoms with Gasteiger partial charge in [0.05, 0.1) is 16.9 Å². The van der Waals surface area contributed by atoms with Crippen LogP contribution in [0.4, 0.5) is 5.69 Å². The molecule has 3 rings (SSSR count). The zero-order chi connectivity index (χ0) is 12.7. The van der Waals surface area contributed by atoms with E-state index in [9.17, 15) is 5.21 Å². The van der Waals surface area contributed by atoms with E-state index in [-0.39, 0.29) is 5.23 Å². The Kier molecular flexibility index (Phi) is 2.32. The van der Waals surface area contributed by atoms with Crippen molar-refractivity contribution in [2.24, 2.45) is 7.05 Å². The lowest BCUT2D eigenvalue weighted by Crippen LogP contribution is -2.06. The maximum absolute atomic E-state index is 11.0. The monoisotopic (exact) mass is 244 g/mol. The van der Waals surface area contributed by atoms with Crippen LogP contribution in [0.2, 0.25) is 0 Å². The third-order valence-electron chi connectivity index (χ3n) is 2.92. The minimum Gasteiger partial charge on any atom is -0.694 e. The fraction of sp³-hybridized carbons (Fsp3) is 0.0833. The van der Waals surface area contributed by atoms with Crippen LogP contribution in [0.5, 0.6) is 0 Å². The lowest BCUT2D eigenvalue weighted by molar-refractivity contribution is 0.296. The van der Waals surface area contributed by atoms with Gasteiger partial charge in [-0.15, -0.1) is 0 Å². The molecule has 92 valence electrons. The Morgan fingerprint density at radius 2 is 2.22 bits per heavy atom. The number of anilines is 1. The molecule has 0 aliphatic carbocycles. The second-order valence-corrected chi connectivity index (χ2v) is 4.05. The number of hydrogen-bond acceptors (Lipinski definition) is 3. The van der Waals surface area contributed by atoms with Crippen molar-refractivity contribution in [1.82, 2.24) is 14.8 Å². The highest BCUT2D eigenvalue weighted by Crippen LogP contribution is 2.29. The summed E-state index contributed by atoms with van der Waals surface area (Å²) < 4.78 is 1.76. The van der Waals surface area contributed by atoms with Gasteiger partial charge in [-0.05, 0) is 30.3 Å². The maximum Gasteiger partial charge on any atom is 0.116 e. The van der Waals surface area contributed by atoms with Gasteiger partial charge in [0.25, 0.3) is 0 Å².